The molecule has 0 aliphatic heterocycles. The number of rotatable bonds is 3. The fourth-order valence-electron chi connectivity index (χ4n) is 2.50. The van der Waals surface area contributed by atoms with Crippen LogP contribution in [0.25, 0.3) is 27.1 Å². The van der Waals surface area contributed by atoms with Gasteiger partial charge < -0.3 is 0 Å². The number of benzene rings is 1. The zero-order valence-electron chi connectivity index (χ0n) is 12.9. The molecule has 0 unspecified atom stereocenters. The first-order chi connectivity index (χ1) is 11.6. The molecule has 0 saturated carbocycles. The van der Waals surface area contributed by atoms with E-state index in [-0.39, 0.29) is 5.82 Å². The number of hydrogen-bond acceptors (Lipinski definition) is 5. The summed E-state index contributed by atoms with van der Waals surface area (Å²) in [6, 6.07) is 6.19. The molecule has 0 spiro atoms. The normalized spacial score (nSPS) is 11.5. The summed E-state index contributed by atoms with van der Waals surface area (Å²) in [6.45, 7) is 1.99. The van der Waals surface area contributed by atoms with Crippen LogP contribution in [0.2, 0.25) is 5.02 Å². The second-order valence-electron chi connectivity index (χ2n) is 5.22. The molecule has 6 nitrogen and oxygen atoms in total. The van der Waals surface area contributed by atoms with E-state index in [9.17, 15) is 4.39 Å². The minimum absolute atomic E-state index is 0.281. The van der Waals surface area contributed by atoms with E-state index in [1.165, 1.54) is 23.5 Å². The molecule has 0 N–H and O–H groups in total. The molecule has 3 aromatic heterocycles. The Labute approximate surface area is 145 Å². The predicted octanol–water partition coefficient (Wildman–Crippen LogP) is 3.61. The van der Waals surface area contributed by atoms with Gasteiger partial charge in [-0.2, -0.15) is 14.7 Å². The van der Waals surface area contributed by atoms with Crippen molar-refractivity contribution in [1.82, 2.24) is 29.6 Å². The van der Waals surface area contributed by atoms with E-state index >= 15 is 0 Å². The highest BCUT2D eigenvalue weighted by molar-refractivity contribution is 7.19. The van der Waals surface area contributed by atoms with E-state index < -0.39 is 0 Å². The standard InChI is InChI=1S/C15H12ClFN6S/c1-3-10-11(16)12(22(2)20-10)13-18-19-15-23(13)21-14(24-15)8-4-6-9(17)7-5-8/h4-7H,3H2,1-2H3. The lowest BCUT2D eigenvalue weighted by atomic mass is 10.2. The minimum atomic E-state index is -0.281. The lowest BCUT2D eigenvalue weighted by Crippen LogP contribution is -1.99. The second kappa shape index (κ2) is 5.64. The average Bonchev–Trinajstić information content (AvgIpc) is 3.22. The van der Waals surface area contributed by atoms with E-state index in [0.717, 1.165) is 22.7 Å². The predicted molar refractivity (Wildman–Crippen MR) is 90.6 cm³/mol. The Bertz CT molecular complexity index is 1030. The van der Waals surface area contributed by atoms with Gasteiger partial charge >= 0.3 is 0 Å². The van der Waals surface area contributed by atoms with Gasteiger partial charge in [0, 0.05) is 12.6 Å². The van der Waals surface area contributed by atoms with Gasteiger partial charge in [-0.15, -0.1) is 10.2 Å². The number of halogens is 2. The molecule has 1 aromatic carbocycles. The summed E-state index contributed by atoms with van der Waals surface area (Å²) in [5.74, 6) is 0.255. The van der Waals surface area contributed by atoms with Crippen LogP contribution in [0.15, 0.2) is 24.3 Å². The van der Waals surface area contributed by atoms with Crippen LogP contribution < -0.4 is 0 Å². The van der Waals surface area contributed by atoms with E-state index in [4.69, 9.17) is 11.6 Å². The smallest absolute Gasteiger partial charge is 0.235 e. The van der Waals surface area contributed by atoms with Gasteiger partial charge in [0.1, 0.15) is 16.5 Å². The highest BCUT2D eigenvalue weighted by Crippen LogP contribution is 2.32. The monoisotopic (exact) mass is 362 g/mol. The Morgan fingerprint density at radius 2 is 1.92 bits per heavy atom. The van der Waals surface area contributed by atoms with Crippen molar-refractivity contribution in [1.29, 1.82) is 0 Å². The summed E-state index contributed by atoms with van der Waals surface area (Å²) >= 11 is 7.81. The van der Waals surface area contributed by atoms with Crippen molar-refractivity contribution >= 4 is 27.9 Å². The molecule has 0 fully saturated rings. The van der Waals surface area contributed by atoms with Gasteiger partial charge in [-0.1, -0.05) is 29.9 Å². The average molecular weight is 363 g/mol. The molecule has 3 heterocycles. The Kier molecular flexibility index (Phi) is 3.58. The maximum Gasteiger partial charge on any atom is 0.235 e. The van der Waals surface area contributed by atoms with Crippen molar-refractivity contribution in [2.24, 2.45) is 7.05 Å². The summed E-state index contributed by atoms with van der Waals surface area (Å²) < 4.78 is 16.4. The number of fused-ring (bicyclic) bond motifs is 1. The molecule has 0 saturated heterocycles. The molecule has 4 rings (SSSR count). The number of aromatic nitrogens is 6. The Morgan fingerprint density at radius 1 is 1.17 bits per heavy atom. The van der Waals surface area contributed by atoms with Crippen LogP contribution in [-0.2, 0) is 13.5 Å². The van der Waals surface area contributed by atoms with Crippen molar-refractivity contribution in [2.75, 3.05) is 0 Å². The minimum Gasteiger partial charge on any atom is -0.263 e. The van der Waals surface area contributed by atoms with E-state index in [2.05, 4.69) is 20.4 Å². The fraction of sp³-hybridized carbons (Fsp3) is 0.200. The van der Waals surface area contributed by atoms with Crippen molar-refractivity contribution < 1.29 is 4.39 Å². The third kappa shape index (κ3) is 2.30. The highest BCUT2D eigenvalue weighted by atomic mass is 35.5. The summed E-state index contributed by atoms with van der Waals surface area (Å²) in [6.07, 6.45) is 0.729. The Hall–Kier alpha value is -2.32. The van der Waals surface area contributed by atoms with Crippen molar-refractivity contribution in [3.05, 3.63) is 40.8 Å². The molecular formula is C15H12ClFN6S. The number of hydrogen-bond donors (Lipinski definition) is 0. The van der Waals surface area contributed by atoms with Crippen LogP contribution in [0.4, 0.5) is 4.39 Å². The first-order valence-corrected chi connectivity index (χ1v) is 8.48. The Balaban J connectivity index is 1.86. The van der Waals surface area contributed by atoms with Gasteiger partial charge in [0.05, 0.1) is 10.7 Å². The quantitative estimate of drug-likeness (QED) is 0.558. The molecule has 122 valence electrons. The van der Waals surface area contributed by atoms with Gasteiger partial charge in [0.25, 0.3) is 0 Å². The van der Waals surface area contributed by atoms with E-state index in [1.807, 2.05) is 14.0 Å². The summed E-state index contributed by atoms with van der Waals surface area (Å²) in [5.41, 5.74) is 2.31. The first-order valence-electron chi connectivity index (χ1n) is 7.28. The van der Waals surface area contributed by atoms with Gasteiger partial charge in [0.15, 0.2) is 0 Å². The van der Waals surface area contributed by atoms with Gasteiger partial charge in [-0.25, -0.2) is 4.39 Å². The molecular weight excluding hydrogens is 351 g/mol. The molecule has 0 amide bonds. The third-order valence-electron chi connectivity index (χ3n) is 3.68. The van der Waals surface area contributed by atoms with Crippen LogP contribution >= 0.6 is 22.9 Å². The molecule has 4 aromatic rings. The van der Waals surface area contributed by atoms with Crippen LogP contribution in [0, 0.1) is 5.82 Å². The summed E-state index contributed by atoms with van der Waals surface area (Å²) in [5, 5.41) is 18.6. The van der Waals surface area contributed by atoms with Crippen LogP contribution in [-0.4, -0.2) is 29.6 Å². The molecule has 0 aliphatic carbocycles. The van der Waals surface area contributed by atoms with E-state index in [0.29, 0.717) is 21.5 Å². The van der Waals surface area contributed by atoms with Crippen molar-refractivity contribution in [2.45, 2.75) is 13.3 Å². The zero-order valence-corrected chi connectivity index (χ0v) is 14.4. The second-order valence-corrected chi connectivity index (χ2v) is 6.55. The van der Waals surface area contributed by atoms with Crippen LogP contribution in [0.1, 0.15) is 12.6 Å². The highest BCUT2D eigenvalue weighted by Gasteiger charge is 2.22. The molecule has 0 atom stereocenters. The van der Waals surface area contributed by atoms with Crippen molar-refractivity contribution in [3.63, 3.8) is 0 Å². The lowest BCUT2D eigenvalue weighted by molar-refractivity contribution is 0.628. The number of aryl methyl sites for hydroxylation is 2. The molecule has 24 heavy (non-hydrogen) atoms. The molecule has 0 aliphatic rings. The van der Waals surface area contributed by atoms with Gasteiger partial charge in [-0.3, -0.25) is 4.68 Å². The van der Waals surface area contributed by atoms with E-state index in [1.54, 1.807) is 21.3 Å². The van der Waals surface area contributed by atoms with Crippen molar-refractivity contribution in [3.8, 4) is 22.1 Å². The SMILES string of the molecule is CCc1nn(C)c(-c2nnc3sc(-c4ccc(F)cc4)nn23)c1Cl. The van der Waals surface area contributed by atoms with Crippen LogP contribution in [0.5, 0.6) is 0 Å². The summed E-state index contributed by atoms with van der Waals surface area (Å²) in [7, 11) is 1.81. The largest absolute Gasteiger partial charge is 0.263 e. The first kappa shape index (κ1) is 15.2. The Morgan fingerprint density at radius 3 is 2.58 bits per heavy atom. The maximum atomic E-state index is 13.1. The van der Waals surface area contributed by atoms with Gasteiger partial charge in [-0.05, 0) is 30.7 Å². The van der Waals surface area contributed by atoms with Gasteiger partial charge in [0.2, 0.25) is 10.8 Å². The molecule has 9 heteroatoms. The van der Waals surface area contributed by atoms with Crippen LogP contribution in [0.3, 0.4) is 0 Å². The summed E-state index contributed by atoms with van der Waals surface area (Å²) in [4.78, 5) is 0.639. The number of nitrogens with zero attached hydrogens (tertiary/aromatic N) is 6. The third-order valence-corrected chi connectivity index (χ3v) is 5.03. The molecule has 0 radical (unpaired) electrons. The zero-order chi connectivity index (χ0) is 16.8. The molecule has 0 bridgehead atoms. The topological polar surface area (TPSA) is 60.9 Å². The lowest BCUT2D eigenvalue weighted by Gasteiger charge is -1.98. The fourth-order valence-corrected chi connectivity index (χ4v) is 3.72. The maximum absolute atomic E-state index is 13.1.